The molecule has 6 nitrogen and oxygen atoms in total. The average Bonchev–Trinajstić information content (AvgIpc) is 2.82. The van der Waals surface area contributed by atoms with Gasteiger partial charge in [0, 0.05) is 19.0 Å². The molecule has 1 fully saturated rings. The van der Waals surface area contributed by atoms with E-state index in [4.69, 9.17) is 10.5 Å². The van der Waals surface area contributed by atoms with Crippen molar-refractivity contribution < 1.29 is 9.53 Å². The van der Waals surface area contributed by atoms with E-state index in [1.807, 2.05) is 0 Å². The van der Waals surface area contributed by atoms with Gasteiger partial charge >= 0.3 is 0 Å². The molecular weight excluding hydrogens is 228 g/mol. The van der Waals surface area contributed by atoms with E-state index in [-0.39, 0.29) is 11.9 Å². The molecule has 1 amide bonds. The van der Waals surface area contributed by atoms with Gasteiger partial charge in [0.15, 0.2) is 16.6 Å². The fourth-order valence-corrected chi connectivity index (χ4v) is 2.34. The maximum absolute atomic E-state index is 11.0. The summed E-state index contributed by atoms with van der Waals surface area (Å²) in [6, 6.07) is 0.181. The molecule has 1 aliphatic heterocycles. The smallest absolute Gasteiger partial charge is 0.220 e. The molecular formula is C9H14N4O2S. The largest absolute Gasteiger partial charge is 0.490 e. The lowest BCUT2D eigenvalue weighted by Crippen LogP contribution is -2.31. The van der Waals surface area contributed by atoms with Crippen LogP contribution in [0.25, 0.3) is 0 Å². The second kappa shape index (κ2) is 4.56. The molecule has 0 radical (unpaired) electrons. The van der Waals surface area contributed by atoms with E-state index in [9.17, 15) is 4.79 Å². The number of nitrogens with two attached hydrogens (primary N) is 1. The fourth-order valence-electron chi connectivity index (χ4n) is 1.65. The number of ether oxygens (including phenoxy) is 1. The van der Waals surface area contributed by atoms with Crippen LogP contribution in [0.3, 0.4) is 0 Å². The minimum atomic E-state index is 0.114. The highest BCUT2D eigenvalue weighted by atomic mass is 32.1. The molecule has 0 aromatic carbocycles. The maximum Gasteiger partial charge on any atom is 0.220 e. The third kappa shape index (κ3) is 2.19. The lowest BCUT2D eigenvalue weighted by molar-refractivity contribution is -0.119. The summed E-state index contributed by atoms with van der Waals surface area (Å²) < 4.78 is 9.12. The van der Waals surface area contributed by atoms with Crippen LogP contribution >= 0.6 is 11.5 Å². The van der Waals surface area contributed by atoms with E-state index in [2.05, 4.69) is 15.0 Å². The number of aromatic nitrogens is 1. The third-order valence-electron chi connectivity index (χ3n) is 2.47. The number of hydrogen-bond donors (Lipinski definition) is 3. The van der Waals surface area contributed by atoms with Crippen LogP contribution in [0.2, 0.25) is 0 Å². The number of nitrogens with one attached hydrogen (secondary N) is 2. The zero-order valence-electron chi connectivity index (χ0n) is 8.95. The second-order valence-corrected chi connectivity index (χ2v) is 4.39. The Morgan fingerprint density at radius 1 is 1.75 bits per heavy atom. The van der Waals surface area contributed by atoms with Crippen LogP contribution in [-0.4, -0.2) is 30.0 Å². The molecule has 1 aromatic rings. The summed E-state index contributed by atoms with van der Waals surface area (Å²) in [5.74, 6) is 1.09. The van der Waals surface area contributed by atoms with Gasteiger partial charge in [0.05, 0.1) is 7.11 Å². The molecule has 0 saturated carbocycles. The van der Waals surface area contributed by atoms with Crippen molar-refractivity contribution in [1.82, 2.24) is 9.69 Å². The molecule has 0 bridgehead atoms. The number of amides is 1. The topological polar surface area (TPSA) is 89.3 Å². The van der Waals surface area contributed by atoms with Gasteiger partial charge in [0.1, 0.15) is 0 Å². The number of rotatable bonds is 4. The minimum Gasteiger partial charge on any atom is -0.490 e. The summed E-state index contributed by atoms with van der Waals surface area (Å²) in [5.41, 5.74) is 5.62. The Kier molecular flexibility index (Phi) is 3.14. The minimum absolute atomic E-state index is 0.114. The Hall–Kier alpha value is -1.50. The summed E-state index contributed by atoms with van der Waals surface area (Å²) in [5, 5.41) is 6.87. The molecule has 1 aromatic heterocycles. The van der Waals surface area contributed by atoms with Crippen LogP contribution < -0.4 is 21.1 Å². The van der Waals surface area contributed by atoms with Crippen molar-refractivity contribution in [3.63, 3.8) is 0 Å². The van der Waals surface area contributed by atoms with Crippen molar-refractivity contribution in [1.29, 1.82) is 0 Å². The standard InChI is InChI=1S/C9H14N4O2S/c1-15-7-8(10)13-16-9(7)11-4-5-2-3-6(14)12-5/h5,11H,2-4H2,1H3,(H2,10,13)(H,12,14). The molecule has 1 unspecified atom stereocenters. The van der Waals surface area contributed by atoms with Gasteiger partial charge in [-0.1, -0.05) is 0 Å². The van der Waals surface area contributed by atoms with E-state index in [0.717, 1.165) is 11.4 Å². The molecule has 4 N–H and O–H groups in total. The highest BCUT2D eigenvalue weighted by molar-refractivity contribution is 7.11. The molecule has 0 spiro atoms. The Morgan fingerprint density at radius 2 is 2.56 bits per heavy atom. The lowest BCUT2D eigenvalue weighted by atomic mass is 10.2. The van der Waals surface area contributed by atoms with Crippen molar-refractivity contribution in [2.24, 2.45) is 0 Å². The van der Waals surface area contributed by atoms with Crippen LogP contribution in [-0.2, 0) is 4.79 Å². The Balaban J connectivity index is 1.91. The van der Waals surface area contributed by atoms with Crippen molar-refractivity contribution in [2.75, 3.05) is 24.7 Å². The van der Waals surface area contributed by atoms with Crippen LogP contribution in [0.4, 0.5) is 10.8 Å². The van der Waals surface area contributed by atoms with Gasteiger partial charge in [0.25, 0.3) is 0 Å². The molecule has 7 heteroatoms. The van der Waals surface area contributed by atoms with Gasteiger partial charge in [-0.25, -0.2) is 0 Å². The number of methoxy groups -OCH3 is 1. The van der Waals surface area contributed by atoms with E-state index in [1.165, 1.54) is 11.5 Å². The molecule has 88 valence electrons. The molecule has 1 atom stereocenters. The highest BCUT2D eigenvalue weighted by Crippen LogP contribution is 2.34. The molecule has 1 saturated heterocycles. The molecule has 1 aliphatic rings. The monoisotopic (exact) mass is 242 g/mol. The Morgan fingerprint density at radius 3 is 3.19 bits per heavy atom. The van der Waals surface area contributed by atoms with E-state index in [0.29, 0.717) is 24.5 Å². The average molecular weight is 242 g/mol. The van der Waals surface area contributed by atoms with Crippen molar-refractivity contribution >= 4 is 28.3 Å². The molecule has 2 rings (SSSR count). The van der Waals surface area contributed by atoms with Crippen molar-refractivity contribution in [3.8, 4) is 5.75 Å². The Labute approximate surface area is 97.3 Å². The van der Waals surface area contributed by atoms with Crippen LogP contribution in [0.1, 0.15) is 12.8 Å². The zero-order chi connectivity index (χ0) is 11.5. The quantitative estimate of drug-likeness (QED) is 0.712. The van der Waals surface area contributed by atoms with E-state index in [1.54, 1.807) is 7.11 Å². The summed E-state index contributed by atoms with van der Waals surface area (Å²) in [6.07, 6.45) is 1.47. The summed E-state index contributed by atoms with van der Waals surface area (Å²) in [7, 11) is 1.56. The molecule has 0 aliphatic carbocycles. The number of hydrogen-bond acceptors (Lipinski definition) is 6. The van der Waals surface area contributed by atoms with Crippen LogP contribution in [0.5, 0.6) is 5.75 Å². The first kappa shape index (κ1) is 11.0. The van der Waals surface area contributed by atoms with Crippen molar-refractivity contribution in [2.45, 2.75) is 18.9 Å². The first-order valence-electron chi connectivity index (χ1n) is 5.03. The second-order valence-electron chi connectivity index (χ2n) is 3.61. The number of nitrogens with zero attached hydrogens (tertiary/aromatic N) is 1. The van der Waals surface area contributed by atoms with Gasteiger partial charge in [-0.3, -0.25) is 4.79 Å². The summed E-state index contributed by atoms with van der Waals surface area (Å²) >= 11 is 1.26. The maximum atomic E-state index is 11.0. The van der Waals surface area contributed by atoms with Gasteiger partial charge < -0.3 is 21.1 Å². The van der Waals surface area contributed by atoms with Gasteiger partial charge in [-0.05, 0) is 18.0 Å². The molecule has 2 heterocycles. The van der Waals surface area contributed by atoms with Crippen LogP contribution in [0.15, 0.2) is 0 Å². The molecule has 16 heavy (non-hydrogen) atoms. The zero-order valence-corrected chi connectivity index (χ0v) is 9.76. The number of nitrogen functional groups attached to an aromatic ring is 1. The SMILES string of the molecule is COc1c(N)nsc1NCC1CCC(=O)N1. The highest BCUT2D eigenvalue weighted by Gasteiger charge is 2.21. The number of anilines is 2. The van der Waals surface area contributed by atoms with Gasteiger partial charge in [-0.15, -0.1) is 0 Å². The predicted molar refractivity (Wildman–Crippen MR) is 62.7 cm³/mol. The summed E-state index contributed by atoms with van der Waals surface area (Å²) in [4.78, 5) is 11.0. The Bertz CT molecular complexity index is 393. The number of carbonyl (C=O) groups is 1. The van der Waals surface area contributed by atoms with Gasteiger partial charge in [-0.2, -0.15) is 4.37 Å². The van der Waals surface area contributed by atoms with Crippen molar-refractivity contribution in [3.05, 3.63) is 0 Å². The first-order chi connectivity index (χ1) is 7.70. The number of carbonyl (C=O) groups excluding carboxylic acids is 1. The van der Waals surface area contributed by atoms with E-state index < -0.39 is 0 Å². The lowest BCUT2D eigenvalue weighted by Gasteiger charge is -2.11. The van der Waals surface area contributed by atoms with Crippen LogP contribution in [0, 0.1) is 0 Å². The summed E-state index contributed by atoms with van der Waals surface area (Å²) in [6.45, 7) is 0.670. The van der Waals surface area contributed by atoms with E-state index >= 15 is 0 Å². The third-order valence-corrected chi connectivity index (χ3v) is 3.27. The van der Waals surface area contributed by atoms with Gasteiger partial charge in [0.2, 0.25) is 5.91 Å². The normalized spacial score (nSPS) is 19.6. The first-order valence-corrected chi connectivity index (χ1v) is 5.80. The fraction of sp³-hybridized carbons (Fsp3) is 0.556. The predicted octanol–water partition coefficient (Wildman–Crippen LogP) is 0.424.